The molecule has 2 saturated carbocycles. The number of esters is 2. The van der Waals surface area contributed by atoms with E-state index >= 15 is 0 Å². The van der Waals surface area contributed by atoms with Gasteiger partial charge in [0, 0.05) is 18.3 Å². The maximum atomic E-state index is 12.1. The molecule has 0 saturated heterocycles. The highest BCUT2D eigenvalue weighted by Crippen LogP contribution is 2.61. The first-order valence-electron chi connectivity index (χ1n) is 11.3. The van der Waals surface area contributed by atoms with Gasteiger partial charge in [0.05, 0.1) is 26.7 Å². The number of aliphatic carboxylic acids is 2. The molecule has 33 heavy (non-hydrogen) atoms. The van der Waals surface area contributed by atoms with Crippen LogP contribution in [0.1, 0.15) is 59.3 Å². The Balaban J connectivity index is 2.27. The Morgan fingerprint density at radius 3 is 2.39 bits per heavy atom. The van der Waals surface area contributed by atoms with E-state index in [0.29, 0.717) is 6.61 Å². The minimum Gasteiger partial charge on any atom is -0.481 e. The predicted octanol–water partition coefficient (Wildman–Crippen LogP) is 3.06. The number of hydrogen-bond donors (Lipinski definition) is 2. The molecule has 0 radical (unpaired) electrons. The predicted molar refractivity (Wildman–Crippen MR) is 117 cm³/mol. The molecule has 2 aliphatic rings. The average molecular weight is 469 g/mol. The highest BCUT2D eigenvalue weighted by molar-refractivity contribution is 5.86. The van der Waals surface area contributed by atoms with Gasteiger partial charge in [-0.15, -0.1) is 0 Å². The van der Waals surface area contributed by atoms with Crippen LogP contribution >= 0.6 is 0 Å². The number of rotatable bonds is 10. The molecule has 0 aromatic carbocycles. The molecule has 2 N–H and O–H groups in total. The Kier molecular flexibility index (Phi) is 8.68. The number of carboxylic acid groups (broad SMARTS) is 2. The van der Waals surface area contributed by atoms with Gasteiger partial charge in [0.2, 0.25) is 0 Å². The minimum absolute atomic E-state index is 0.000438. The molecule has 0 heterocycles. The molecule has 0 spiro atoms. The van der Waals surface area contributed by atoms with E-state index in [1.807, 2.05) is 0 Å². The number of carbonyl (C=O) groups is 4. The molecule has 0 amide bonds. The van der Waals surface area contributed by atoms with Crippen LogP contribution in [-0.4, -0.2) is 60.5 Å². The monoisotopic (exact) mass is 468 g/mol. The zero-order valence-electron chi connectivity index (χ0n) is 19.9. The first kappa shape index (κ1) is 26.8. The van der Waals surface area contributed by atoms with Crippen molar-refractivity contribution in [2.24, 2.45) is 28.6 Å². The standard InChI is InChI=1S/C24H36O9/c1-14-7-8-18-23(3,13-33-15(2)25)9-6-10-24(18,4)17(14)12-32-20(21(28)29)16(11-19(26)27)22(30)31-5/h16-18,20H,1,6-13H2,2-5H3,(H,26,27)(H,28,29)/t16-,17-,18-,20+,23-,24+/m0/s1. The summed E-state index contributed by atoms with van der Waals surface area (Å²) in [6.07, 6.45) is 1.97. The van der Waals surface area contributed by atoms with Gasteiger partial charge in [0.1, 0.15) is 5.92 Å². The van der Waals surface area contributed by atoms with Gasteiger partial charge in [-0.2, -0.15) is 0 Å². The van der Waals surface area contributed by atoms with Gasteiger partial charge >= 0.3 is 23.9 Å². The molecule has 0 bridgehead atoms. The van der Waals surface area contributed by atoms with Crippen LogP contribution in [0.5, 0.6) is 0 Å². The quantitative estimate of drug-likeness (QED) is 0.366. The molecular weight excluding hydrogens is 432 g/mol. The molecule has 0 unspecified atom stereocenters. The lowest BCUT2D eigenvalue weighted by molar-refractivity contribution is -0.173. The Hall–Kier alpha value is -2.42. The fourth-order valence-corrected chi connectivity index (χ4v) is 6.04. The molecule has 0 aromatic heterocycles. The molecule has 2 aliphatic carbocycles. The molecule has 186 valence electrons. The molecule has 6 atom stereocenters. The number of carboxylic acids is 2. The number of carbonyl (C=O) groups excluding carboxylic acids is 2. The fourth-order valence-electron chi connectivity index (χ4n) is 6.04. The zero-order chi connectivity index (χ0) is 25.0. The second kappa shape index (κ2) is 10.7. The van der Waals surface area contributed by atoms with Crippen LogP contribution < -0.4 is 0 Å². The van der Waals surface area contributed by atoms with Crippen molar-refractivity contribution in [1.82, 2.24) is 0 Å². The van der Waals surface area contributed by atoms with E-state index in [4.69, 9.17) is 14.6 Å². The van der Waals surface area contributed by atoms with E-state index in [1.165, 1.54) is 6.92 Å². The van der Waals surface area contributed by atoms with E-state index in [2.05, 4.69) is 25.2 Å². The zero-order valence-corrected chi connectivity index (χ0v) is 19.9. The molecule has 2 fully saturated rings. The van der Waals surface area contributed by atoms with Crippen molar-refractivity contribution in [2.45, 2.75) is 65.4 Å². The third kappa shape index (κ3) is 5.93. The summed E-state index contributed by atoms with van der Waals surface area (Å²) in [4.78, 5) is 46.7. The molecule has 0 aromatic rings. The second-order valence-electron chi connectivity index (χ2n) is 9.92. The summed E-state index contributed by atoms with van der Waals surface area (Å²) < 4.78 is 15.8. The number of methoxy groups -OCH3 is 1. The van der Waals surface area contributed by atoms with E-state index in [9.17, 15) is 24.3 Å². The number of hydrogen-bond acceptors (Lipinski definition) is 7. The van der Waals surface area contributed by atoms with Crippen LogP contribution in [0, 0.1) is 28.6 Å². The second-order valence-corrected chi connectivity index (χ2v) is 9.92. The van der Waals surface area contributed by atoms with Crippen LogP contribution in [0.3, 0.4) is 0 Å². The van der Waals surface area contributed by atoms with Gasteiger partial charge < -0.3 is 24.4 Å². The molecule has 9 nitrogen and oxygen atoms in total. The first-order valence-corrected chi connectivity index (χ1v) is 11.3. The van der Waals surface area contributed by atoms with Gasteiger partial charge in [0.15, 0.2) is 6.10 Å². The summed E-state index contributed by atoms with van der Waals surface area (Å²) >= 11 is 0. The van der Waals surface area contributed by atoms with Crippen LogP contribution in [0.2, 0.25) is 0 Å². The van der Waals surface area contributed by atoms with Crippen molar-refractivity contribution in [3.63, 3.8) is 0 Å². The molecule has 0 aliphatic heterocycles. The Morgan fingerprint density at radius 2 is 1.85 bits per heavy atom. The van der Waals surface area contributed by atoms with Crippen molar-refractivity contribution in [3.8, 4) is 0 Å². The molecule has 9 heteroatoms. The van der Waals surface area contributed by atoms with E-state index in [1.54, 1.807) is 0 Å². The van der Waals surface area contributed by atoms with E-state index < -0.39 is 36.4 Å². The summed E-state index contributed by atoms with van der Waals surface area (Å²) in [5, 5.41) is 18.9. The average Bonchev–Trinajstić information content (AvgIpc) is 2.72. The summed E-state index contributed by atoms with van der Waals surface area (Å²) in [5.41, 5.74) is 0.461. The smallest absolute Gasteiger partial charge is 0.333 e. The molecular formula is C24H36O9. The van der Waals surface area contributed by atoms with Gasteiger partial charge in [-0.05, 0) is 37.0 Å². The topological polar surface area (TPSA) is 136 Å². The van der Waals surface area contributed by atoms with Crippen molar-refractivity contribution in [3.05, 3.63) is 12.2 Å². The summed E-state index contributed by atoms with van der Waals surface area (Å²) in [5.74, 6) is -5.44. The Morgan fingerprint density at radius 1 is 1.18 bits per heavy atom. The third-order valence-corrected chi connectivity index (χ3v) is 7.70. The lowest BCUT2D eigenvalue weighted by Gasteiger charge is -2.58. The Bertz CT molecular complexity index is 791. The lowest BCUT2D eigenvalue weighted by Crippen LogP contribution is -2.53. The first-order chi connectivity index (χ1) is 15.4. The van der Waals surface area contributed by atoms with Crippen LogP contribution in [0.15, 0.2) is 12.2 Å². The van der Waals surface area contributed by atoms with Crippen molar-refractivity contribution in [2.75, 3.05) is 20.3 Å². The maximum absolute atomic E-state index is 12.1. The van der Waals surface area contributed by atoms with Crippen molar-refractivity contribution >= 4 is 23.9 Å². The summed E-state index contributed by atoms with van der Waals surface area (Å²) in [6.45, 7) is 10.2. The van der Waals surface area contributed by atoms with Crippen LogP contribution in [0.25, 0.3) is 0 Å². The van der Waals surface area contributed by atoms with Crippen molar-refractivity contribution in [1.29, 1.82) is 0 Å². The lowest BCUT2D eigenvalue weighted by atomic mass is 9.47. The third-order valence-electron chi connectivity index (χ3n) is 7.70. The minimum atomic E-state index is -1.65. The fraction of sp³-hybridized carbons (Fsp3) is 0.750. The van der Waals surface area contributed by atoms with E-state index in [0.717, 1.165) is 44.8 Å². The molecule has 2 rings (SSSR count). The largest absolute Gasteiger partial charge is 0.481 e. The van der Waals surface area contributed by atoms with Gasteiger partial charge in [-0.1, -0.05) is 32.4 Å². The van der Waals surface area contributed by atoms with E-state index in [-0.39, 0.29) is 35.2 Å². The normalized spacial score (nSPS) is 31.1. The van der Waals surface area contributed by atoms with Gasteiger partial charge in [-0.3, -0.25) is 14.4 Å². The summed E-state index contributed by atoms with van der Waals surface area (Å²) in [7, 11) is 1.08. The highest BCUT2D eigenvalue weighted by atomic mass is 16.5. The van der Waals surface area contributed by atoms with Crippen molar-refractivity contribution < 1.29 is 43.6 Å². The maximum Gasteiger partial charge on any atom is 0.333 e. The summed E-state index contributed by atoms with van der Waals surface area (Å²) in [6, 6.07) is 0. The van der Waals surface area contributed by atoms with Gasteiger partial charge in [-0.25, -0.2) is 4.79 Å². The van der Waals surface area contributed by atoms with Crippen LogP contribution in [-0.2, 0) is 33.4 Å². The van der Waals surface area contributed by atoms with Crippen LogP contribution in [0.4, 0.5) is 0 Å². The SMILES string of the molecule is C=C1CC[C@H]2[C@](C)(COC(C)=O)CCC[C@]2(C)[C@H]1CO[C@@H](C(=O)O)[C@H](CC(=O)O)C(=O)OC. The van der Waals surface area contributed by atoms with Gasteiger partial charge in [0.25, 0.3) is 0 Å². The number of ether oxygens (including phenoxy) is 3. The number of fused-ring (bicyclic) bond motifs is 1. The Labute approximate surface area is 194 Å². The highest BCUT2D eigenvalue weighted by Gasteiger charge is 2.55.